The number of carbonyl (C=O) groups excluding carboxylic acids is 1. The highest BCUT2D eigenvalue weighted by Crippen LogP contribution is 2.15. The summed E-state index contributed by atoms with van der Waals surface area (Å²) in [5.74, 6) is 0. The van der Waals surface area contributed by atoms with Crippen molar-refractivity contribution >= 4 is 6.03 Å². The second-order valence-corrected chi connectivity index (χ2v) is 7.46. The molecule has 0 aliphatic rings. The minimum absolute atomic E-state index is 0.00122. The highest BCUT2D eigenvalue weighted by molar-refractivity contribution is 5.74. The zero-order valence-electron chi connectivity index (χ0n) is 17.2. The van der Waals surface area contributed by atoms with Crippen molar-refractivity contribution in [2.45, 2.75) is 46.7 Å². The van der Waals surface area contributed by atoms with E-state index in [0.29, 0.717) is 13.0 Å². The lowest BCUT2D eigenvalue weighted by molar-refractivity contribution is 0.203. The van der Waals surface area contributed by atoms with Gasteiger partial charge in [-0.25, -0.2) is 9.48 Å². The zero-order chi connectivity index (χ0) is 20.3. The molecule has 3 rings (SSSR count). The molecule has 0 bridgehead atoms. The van der Waals surface area contributed by atoms with Crippen molar-refractivity contribution in [3.63, 3.8) is 0 Å². The third kappa shape index (κ3) is 4.79. The first kappa shape index (κ1) is 19.7. The van der Waals surface area contributed by atoms with Crippen LogP contribution in [0.15, 0.2) is 36.4 Å². The topological polar surface area (TPSA) is 78.8 Å². The molecule has 7 nitrogen and oxygen atoms in total. The van der Waals surface area contributed by atoms with Crippen LogP contribution in [-0.2, 0) is 13.0 Å². The number of nitrogens with one attached hydrogen (secondary N) is 2. The van der Waals surface area contributed by atoms with Crippen molar-refractivity contribution in [3.05, 3.63) is 64.7 Å². The summed E-state index contributed by atoms with van der Waals surface area (Å²) in [5, 5.41) is 14.7. The quantitative estimate of drug-likeness (QED) is 0.689. The molecule has 2 N–H and O–H groups in total. The molecule has 2 amide bonds. The van der Waals surface area contributed by atoms with E-state index >= 15 is 0 Å². The fourth-order valence-corrected chi connectivity index (χ4v) is 3.29. The summed E-state index contributed by atoms with van der Waals surface area (Å²) < 4.78 is 1.92. The second-order valence-electron chi connectivity index (χ2n) is 7.46. The maximum Gasteiger partial charge on any atom is 0.317 e. The summed E-state index contributed by atoms with van der Waals surface area (Å²) in [6.45, 7) is 8.49. The molecule has 1 unspecified atom stereocenters. The molecular weight excluding hydrogens is 352 g/mol. The molecule has 7 heteroatoms. The number of carbonyl (C=O) groups is 1. The van der Waals surface area contributed by atoms with Gasteiger partial charge in [-0.1, -0.05) is 12.1 Å². The van der Waals surface area contributed by atoms with E-state index in [9.17, 15) is 4.79 Å². The van der Waals surface area contributed by atoms with Crippen LogP contribution in [0, 0.1) is 20.8 Å². The predicted octanol–water partition coefficient (Wildman–Crippen LogP) is 3.29. The van der Waals surface area contributed by atoms with Gasteiger partial charge in [-0.3, -0.25) is 5.10 Å². The third-order valence-corrected chi connectivity index (χ3v) is 4.58. The van der Waals surface area contributed by atoms with Gasteiger partial charge in [-0.2, -0.15) is 10.2 Å². The Morgan fingerprint density at radius 1 is 1.25 bits per heavy atom. The standard InChI is InChI=1S/C21H28N6O/c1-14(10-19-11-15(2)23-24-19)22-21(28)26(5)13-18-7-6-8-20(12-18)27-17(4)9-16(3)25-27/h6-9,11-12,14H,10,13H2,1-5H3,(H,22,28)(H,23,24). The number of rotatable bonds is 6. The first-order chi connectivity index (χ1) is 13.3. The Balaban J connectivity index is 1.60. The van der Waals surface area contributed by atoms with Crippen molar-refractivity contribution in [1.29, 1.82) is 0 Å². The molecule has 2 heterocycles. The Bertz CT molecular complexity index is 957. The van der Waals surface area contributed by atoms with Crippen LogP contribution in [0.2, 0.25) is 0 Å². The van der Waals surface area contributed by atoms with Crippen molar-refractivity contribution in [2.24, 2.45) is 0 Å². The lowest BCUT2D eigenvalue weighted by Gasteiger charge is -2.21. The molecule has 1 aromatic carbocycles. The number of hydrogen-bond donors (Lipinski definition) is 2. The molecule has 0 aliphatic heterocycles. The molecule has 0 radical (unpaired) electrons. The van der Waals surface area contributed by atoms with Gasteiger partial charge in [0.25, 0.3) is 0 Å². The van der Waals surface area contributed by atoms with Gasteiger partial charge >= 0.3 is 6.03 Å². The van der Waals surface area contributed by atoms with E-state index in [2.05, 4.69) is 32.7 Å². The minimum Gasteiger partial charge on any atom is -0.335 e. The monoisotopic (exact) mass is 380 g/mol. The van der Waals surface area contributed by atoms with Gasteiger partial charge in [0.2, 0.25) is 0 Å². The normalized spacial score (nSPS) is 12.0. The molecule has 28 heavy (non-hydrogen) atoms. The fourth-order valence-electron chi connectivity index (χ4n) is 3.29. The van der Waals surface area contributed by atoms with E-state index in [1.165, 1.54) is 0 Å². The van der Waals surface area contributed by atoms with Gasteiger partial charge < -0.3 is 10.2 Å². The highest BCUT2D eigenvalue weighted by atomic mass is 16.2. The van der Waals surface area contributed by atoms with Crippen LogP contribution in [0.25, 0.3) is 5.69 Å². The SMILES string of the molecule is Cc1cc(C)n(-c2cccc(CN(C)C(=O)NC(C)Cc3cc(C)[nH]n3)c2)n1. The van der Waals surface area contributed by atoms with Gasteiger partial charge in [0, 0.05) is 37.4 Å². The summed E-state index contributed by atoms with van der Waals surface area (Å²) in [6, 6.07) is 12.1. The smallest absolute Gasteiger partial charge is 0.317 e. The third-order valence-electron chi connectivity index (χ3n) is 4.58. The average Bonchev–Trinajstić information content (AvgIpc) is 3.19. The number of benzene rings is 1. The number of nitrogens with zero attached hydrogens (tertiary/aromatic N) is 4. The largest absolute Gasteiger partial charge is 0.335 e. The molecule has 2 aromatic heterocycles. The lowest BCUT2D eigenvalue weighted by atomic mass is 10.1. The summed E-state index contributed by atoms with van der Waals surface area (Å²) >= 11 is 0. The Morgan fingerprint density at radius 2 is 2.04 bits per heavy atom. The van der Waals surface area contributed by atoms with E-state index in [1.807, 2.05) is 56.6 Å². The first-order valence-electron chi connectivity index (χ1n) is 9.47. The number of H-pyrrole nitrogens is 1. The molecular formula is C21H28N6O. The van der Waals surface area contributed by atoms with Gasteiger partial charge in [0.15, 0.2) is 0 Å². The summed E-state index contributed by atoms with van der Waals surface area (Å²) in [5.41, 5.74) is 6.10. The number of aryl methyl sites for hydroxylation is 3. The number of hydrogen-bond acceptors (Lipinski definition) is 3. The minimum atomic E-state index is -0.101. The maximum absolute atomic E-state index is 12.5. The molecule has 3 aromatic rings. The molecule has 0 spiro atoms. The van der Waals surface area contributed by atoms with Crippen molar-refractivity contribution in [3.8, 4) is 5.69 Å². The van der Waals surface area contributed by atoms with Crippen molar-refractivity contribution < 1.29 is 4.79 Å². The Labute approximate surface area is 165 Å². The first-order valence-corrected chi connectivity index (χ1v) is 9.47. The maximum atomic E-state index is 12.5. The molecule has 1 atom stereocenters. The van der Waals surface area contributed by atoms with Crippen LogP contribution in [0.4, 0.5) is 4.79 Å². The van der Waals surface area contributed by atoms with E-state index in [1.54, 1.807) is 11.9 Å². The van der Waals surface area contributed by atoms with Crippen molar-refractivity contribution in [1.82, 2.24) is 30.2 Å². The van der Waals surface area contributed by atoms with Crippen LogP contribution < -0.4 is 5.32 Å². The van der Waals surface area contributed by atoms with Crippen LogP contribution in [0.3, 0.4) is 0 Å². The molecule has 148 valence electrons. The van der Waals surface area contributed by atoms with E-state index < -0.39 is 0 Å². The van der Waals surface area contributed by atoms with Crippen LogP contribution >= 0.6 is 0 Å². The number of aromatic nitrogens is 4. The van der Waals surface area contributed by atoms with Gasteiger partial charge in [-0.05, 0) is 57.5 Å². The van der Waals surface area contributed by atoms with Gasteiger partial charge in [0.05, 0.1) is 17.1 Å². The van der Waals surface area contributed by atoms with Gasteiger partial charge in [-0.15, -0.1) is 0 Å². The van der Waals surface area contributed by atoms with Crippen LogP contribution in [0.1, 0.15) is 35.3 Å². The van der Waals surface area contributed by atoms with Crippen molar-refractivity contribution in [2.75, 3.05) is 7.05 Å². The molecule has 0 saturated heterocycles. The van der Waals surface area contributed by atoms with Gasteiger partial charge in [0.1, 0.15) is 0 Å². The second kappa shape index (κ2) is 8.29. The summed E-state index contributed by atoms with van der Waals surface area (Å²) in [4.78, 5) is 14.2. The van der Waals surface area contributed by atoms with E-state index in [-0.39, 0.29) is 12.1 Å². The van der Waals surface area contributed by atoms with Crippen LogP contribution in [0.5, 0.6) is 0 Å². The Morgan fingerprint density at radius 3 is 2.68 bits per heavy atom. The fraction of sp³-hybridized carbons (Fsp3) is 0.381. The number of aromatic amines is 1. The predicted molar refractivity (Wildman–Crippen MR) is 110 cm³/mol. The number of urea groups is 1. The Kier molecular flexibility index (Phi) is 5.82. The lowest BCUT2D eigenvalue weighted by Crippen LogP contribution is -2.42. The van der Waals surface area contributed by atoms with Crippen LogP contribution in [-0.4, -0.2) is 44.0 Å². The molecule has 0 fully saturated rings. The van der Waals surface area contributed by atoms with E-state index in [4.69, 9.17) is 0 Å². The molecule has 0 saturated carbocycles. The highest BCUT2D eigenvalue weighted by Gasteiger charge is 2.14. The number of amides is 2. The average molecular weight is 380 g/mol. The summed E-state index contributed by atoms with van der Waals surface area (Å²) in [6.07, 6.45) is 0.692. The Hall–Kier alpha value is -3.09. The van der Waals surface area contributed by atoms with E-state index in [0.717, 1.165) is 34.0 Å². The zero-order valence-corrected chi connectivity index (χ0v) is 17.2. The molecule has 0 aliphatic carbocycles. The summed E-state index contributed by atoms with van der Waals surface area (Å²) in [7, 11) is 1.80.